The fourth-order valence-electron chi connectivity index (χ4n) is 0.439. The molecule has 0 aromatic carbocycles. The summed E-state index contributed by atoms with van der Waals surface area (Å²) < 4.78 is 27.3. The molecule has 0 heterocycles. The van der Waals surface area contributed by atoms with Gasteiger partial charge in [-0.3, -0.25) is 4.79 Å². The third-order valence-corrected chi connectivity index (χ3v) is 0.966. The van der Waals surface area contributed by atoms with Crippen molar-refractivity contribution in [3.05, 3.63) is 0 Å². The molecule has 68 valence electrons. The van der Waals surface area contributed by atoms with Crippen LogP contribution in [0.4, 0.5) is 8.78 Å². The minimum Gasteiger partial charge on any atom is -0.375 e. The van der Waals surface area contributed by atoms with Gasteiger partial charge >= 0.3 is 0 Å². The maximum absolute atomic E-state index is 11.4. The number of carbonyl (C=O) groups excluding carboxylic acids is 1. The van der Waals surface area contributed by atoms with Crippen LogP contribution in [-0.2, 0) is 9.53 Å². The van der Waals surface area contributed by atoms with Crippen LogP contribution < -0.4 is 0 Å². The van der Waals surface area contributed by atoms with Crippen molar-refractivity contribution >= 4 is 23.3 Å². The molecule has 0 N–H and O–H groups in total. The largest absolute Gasteiger partial charge is 0.375 e. The molecule has 0 aliphatic rings. The molecule has 3 nitrogen and oxygen atoms in total. The molecule has 0 saturated carbocycles. The number of amides is 1. The first-order chi connectivity index (χ1) is 5.66. The maximum atomic E-state index is 11.4. The molecule has 0 unspecified atom stereocenters. The molecule has 6 heteroatoms. The lowest BCUT2D eigenvalue weighted by Gasteiger charge is -1.99. The fourth-order valence-corrected chi connectivity index (χ4v) is 0.541. The van der Waals surface area contributed by atoms with Crippen LogP contribution in [0.1, 0.15) is 6.42 Å². The molecule has 0 spiro atoms. The highest BCUT2D eigenvalue weighted by atomic mass is 32.1. The second kappa shape index (κ2) is 6.97. The van der Waals surface area contributed by atoms with Crippen molar-refractivity contribution < 1.29 is 18.3 Å². The highest BCUT2D eigenvalue weighted by Gasteiger charge is 2.03. The van der Waals surface area contributed by atoms with Gasteiger partial charge in [0, 0.05) is 0 Å². The Morgan fingerprint density at radius 1 is 1.67 bits per heavy atom. The van der Waals surface area contributed by atoms with E-state index < -0.39 is 18.9 Å². The molecule has 0 aliphatic heterocycles. The molecule has 0 radical (unpaired) electrons. The Kier molecular flexibility index (Phi) is 6.55. The molecule has 12 heavy (non-hydrogen) atoms. The monoisotopic (exact) mass is 195 g/mol. The number of hydrogen-bond donors (Lipinski definition) is 0. The Hall–Kier alpha value is -0.710. The van der Waals surface area contributed by atoms with E-state index >= 15 is 0 Å². The topological polar surface area (TPSA) is 38.7 Å². The molecule has 0 rings (SSSR count). The smallest absolute Gasteiger partial charge is 0.261 e. The summed E-state index contributed by atoms with van der Waals surface area (Å²) >= 11 is 4.15. The van der Waals surface area contributed by atoms with Crippen molar-refractivity contribution in [1.82, 2.24) is 0 Å². The lowest BCUT2D eigenvalue weighted by atomic mass is 10.4. The molecule has 1 amide bonds. The Labute approximate surface area is 73.4 Å². The molecular weight excluding hydrogens is 188 g/mol. The van der Waals surface area contributed by atoms with Gasteiger partial charge in [-0.25, -0.2) is 8.78 Å². The first kappa shape index (κ1) is 11.3. The van der Waals surface area contributed by atoms with Gasteiger partial charge in [0.25, 0.3) is 12.3 Å². The zero-order chi connectivity index (χ0) is 9.40. The first-order valence-electron chi connectivity index (χ1n) is 3.13. The molecular formula is C6H7F2NO2S. The van der Waals surface area contributed by atoms with E-state index in [1.165, 1.54) is 0 Å². The van der Waals surface area contributed by atoms with Gasteiger partial charge in [-0.1, -0.05) is 0 Å². The predicted octanol–water partition coefficient (Wildman–Crippen LogP) is 1.29. The minimum absolute atomic E-state index is 0.0453. The lowest BCUT2D eigenvalue weighted by Crippen LogP contribution is -2.07. The standard InChI is InChI=1S/C6H7F2NO2S/c7-5(8)3-11-2-1-6(10)9-4-12/h5H,1-3H2. The first-order valence-corrected chi connectivity index (χ1v) is 3.54. The normalized spacial score (nSPS) is 9.58. The Morgan fingerprint density at radius 2 is 2.33 bits per heavy atom. The average molecular weight is 195 g/mol. The SMILES string of the molecule is O=C(CCOCC(F)F)N=C=S. The number of halogens is 2. The number of alkyl halides is 2. The number of hydrogen-bond acceptors (Lipinski definition) is 3. The van der Waals surface area contributed by atoms with E-state index in [4.69, 9.17) is 0 Å². The summed E-state index contributed by atoms with van der Waals surface area (Å²) in [6.45, 7) is -0.724. The van der Waals surface area contributed by atoms with Gasteiger partial charge in [0.15, 0.2) is 0 Å². The van der Waals surface area contributed by atoms with Gasteiger partial charge in [0.2, 0.25) is 0 Å². The number of thiocarbonyl (C=S) groups is 1. The van der Waals surface area contributed by atoms with Crippen LogP contribution >= 0.6 is 12.2 Å². The number of isothiocyanates is 1. The second-order valence-electron chi connectivity index (χ2n) is 1.81. The number of nitrogens with zero attached hydrogens (tertiary/aromatic N) is 1. The summed E-state index contributed by atoms with van der Waals surface area (Å²) in [5, 5.41) is 1.87. The summed E-state index contributed by atoms with van der Waals surface area (Å²) in [7, 11) is 0. The molecule has 0 bridgehead atoms. The van der Waals surface area contributed by atoms with E-state index in [0.717, 1.165) is 0 Å². The van der Waals surface area contributed by atoms with Gasteiger partial charge in [0.05, 0.1) is 18.2 Å². The summed E-state index contributed by atoms with van der Waals surface area (Å²) in [4.78, 5) is 13.6. The van der Waals surface area contributed by atoms with Crippen LogP contribution in [0.15, 0.2) is 4.99 Å². The number of rotatable bonds is 5. The summed E-state index contributed by atoms with van der Waals surface area (Å²) in [5.41, 5.74) is 0. The maximum Gasteiger partial charge on any atom is 0.261 e. The van der Waals surface area contributed by atoms with Gasteiger partial charge in [-0.05, 0) is 12.2 Å². The van der Waals surface area contributed by atoms with E-state index in [1.807, 2.05) is 5.16 Å². The van der Waals surface area contributed by atoms with Crippen LogP contribution in [0, 0.1) is 0 Å². The summed E-state index contributed by atoms with van der Waals surface area (Å²) in [5.74, 6) is -0.515. The third kappa shape index (κ3) is 7.40. The molecule has 0 aromatic heterocycles. The van der Waals surface area contributed by atoms with Crippen molar-refractivity contribution in [2.75, 3.05) is 13.2 Å². The van der Waals surface area contributed by atoms with Gasteiger partial charge < -0.3 is 4.74 Å². The lowest BCUT2D eigenvalue weighted by molar-refractivity contribution is -0.119. The Balaban J connectivity index is 3.31. The zero-order valence-corrected chi connectivity index (χ0v) is 6.94. The quantitative estimate of drug-likeness (QED) is 0.377. The third-order valence-electron chi connectivity index (χ3n) is 0.874. The van der Waals surface area contributed by atoms with Crippen LogP contribution in [0.3, 0.4) is 0 Å². The van der Waals surface area contributed by atoms with E-state index in [9.17, 15) is 13.6 Å². The number of ether oxygens (including phenoxy) is 1. The van der Waals surface area contributed by atoms with Crippen LogP contribution in [0.25, 0.3) is 0 Å². The van der Waals surface area contributed by atoms with E-state index in [1.54, 1.807) is 0 Å². The van der Waals surface area contributed by atoms with Gasteiger partial charge in [-0.2, -0.15) is 4.99 Å². The van der Waals surface area contributed by atoms with E-state index in [-0.39, 0.29) is 13.0 Å². The van der Waals surface area contributed by atoms with Crippen molar-refractivity contribution in [3.8, 4) is 0 Å². The second-order valence-corrected chi connectivity index (χ2v) is 2.00. The van der Waals surface area contributed by atoms with Crippen molar-refractivity contribution in [2.24, 2.45) is 4.99 Å². The number of carbonyl (C=O) groups is 1. The summed E-state index contributed by atoms with van der Waals surface area (Å²) in [6, 6.07) is 0. The molecule has 0 saturated heterocycles. The highest BCUT2D eigenvalue weighted by Crippen LogP contribution is 1.93. The van der Waals surface area contributed by atoms with Crippen LogP contribution in [0.5, 0.6) is 0 Å². The Morgan fingerprint density at radius 3 is 2.83 bits per heavy atom. The summed E-state index contributed by atoms with van der Waals surface area (Å²) in [6.07, 6.45) is -2.55. The zero-order valence-electron chi connectivity index (χ0n) is 6.13. The Bertz CT molecular complexity index is 192. The molecule has 0 atom stereocenters. The van der Waals surface area contributed by atoms with Crippen LogP contribution in [0.2, 0.25) is 0 Å². The van der Waals surface area contributed by atoms with Gasteiger partial charge in [0.1, 0.15) is 6.61 Å². The molecule has 0 aliphatic carbocycles. The average Bonchev–Trinajstić information content (AvgIpc) is 1.98. The molecule has 0 aromatic rings. The fraction of sp³-hybridized carbons (Fsp3) is 0.667. The predicted molar refractivity (Wildman–Crippen MR) is 41.5 cm³/mol. The highest BCUT2D eigenvalue weighted by molar-refractivity contribution is 7.78. The van der Waals surface area contributed by atoms with Gasteiger partial charge in [-0.15, -0.1) is 0 Å². The molecule has 0 fully saturated rings. The van der Waals surface area contributed by atoms with Crippen LogP contribution in [-0.4, -0.2) is 30.7 Å². The van der Waals surface area contributed by atoms with E-state index in [2.05, 4.69) is 21.9 Å². The number of aliphatic imine (C=N–C) groups is 1. The van der Waals surface area contributed by atoms with E-state index in [0.29, 0.717) is 0 Å². The van der Waals surface area contributed by atoms with Crippen molar-refractivity contribution in [3.63, 3.8) is 0 Å². The van der Waals surface area contributed by atoms with Crippen molar-refractivity contribution in [2.45, 2.75) is 12.8 Å². The van der Waals surface area contributed by atoms with Crippen molar-refractivity contribution in [1.29, 1.82) is 0 Å². The minimum atomic E-state index is -2.51.